The molecule has 0 spiro atoms. The molecule has 0 saturated heterocycles. The van der Waals surface area contributed by atoms with E-state index in [1.165, 1.54) is 11.8 Å². The van der Waals surface area contributed by atoms with Gasteiger partial charge in [0.1, 0.15) is 17.1 Å². The Labute approximate surface area is 210 Å². The van der Waals surface area contributed by atoms with E-state index < -0.39 is 63.3 Å². The molecular formula is C25H28N4O8. The lowest BCUT2D eigenvalue weighted by molar-refractivity contribution is -0.155. The highest BCUT2D eigenvalue weighted by Gasteiger charge is 2.67. The van der Waals surface area contributed by atoms with E-state index in [2.05, 4.69) is 4.98 Å². The first-order valence-corrected chi connectivity index (χ1v) is 11.7. The molecule has 5 rings (SSSR count). The summed E-state index contributed by atoms with van der Waals surface area (Å²) in [4.78, 5) is 57.5. The molecule has 1 aromatic carbocycles. The van der Waals surface area contributed by atoms with Gasteiger partial charge >= 0.3 is 5.76 Å². The number of carbonyl (C=O) groups excluding carboxylic acids is 3. The molecule has 1 heterocycles. The van der Waals surface area contributed by atoms with Crippen molar-refractivity contribution in [3.05, 3.63) is 50.4 Å². The number of nitrogens with zero attached hydrogens (tertiary/aromatic N) is 2. The SMILES string of the molecule is CN(C)c1cc2[nH]c(=O)oc2c2c1C[C@H]1C[C@H]3C(C)(N(C)C)C(O)=C(C(N)=O)C(=O)[C@@]3(O)C(O)=C1C2=O. The van der Waals surface area contributed by atoms with Crippen LogP contribution < -0.4 is 16.4 Å². The minimum atomic E-state index is -2.70. The number of oxazole rings is 1. The van der Waals surface area contributed by atoms with Crippen LogP contribution in [0.15, 0.2) is 37.9 Å². The second-order valence-electron chi connectivity index (χ2n) is 10.5. The van der Waals surface area contributed by atoms with E-state index in [0.717, 1.165) is 0 Å². The van der Waals surface area contributed by atoms with E-state index in [-0.39, 0.29) is 35.1 Å². The first-order chi connectivity index (χ1) is 17.2. The number of hydrogen-bond donors (Lipinski definition) is 5. The first-order valence-electron chi connectivity index (χ1n) is 11.7. The highest BCUT2D eigenvalue weighted by molar-refractivity contribution is 6.25. The van der Waals surface area contributed by atoms with Crippen molar-refractivity contribution in [1.82, 2.24) is 9.88 Å². The molecule has 1 aromatic heterocycles. The van der Waals surface area contributed by atoms with Gasteiger partial charge in [0, 0.05) is 31.3 Å². The summed E-state index contributed by atoms with van der Waals surface area (Å²) in [7, 11) is 6.75. The summed E-state index contributed by atoms with van der Waals surface area (Å²) in [5.41, 5.74) is 1.75. The zero-order chi connectivity index (χ0) is 27.4. The number of aliphatic hydroxyl groups is 3. The van der Waals surface area contributed by atoms with Crippen molar-refractivity contribution in [2.24, 2.45) is 17.6 Å². The molecule has 4 atom stereocenters. The molecule has 2 aromatic rings. The third kappa shape index (κ3) is 2.90. The van der Waals surface area contributed by atoms with E-state index in [0.29, 0.717) is 11.3 Å². The summed E-state index contributed by atoms with van der Waals surface area (Å²) in [6.07, 6.45) is 0.232. The van der Waals surface area contributed by atoms with Gasteiger partial charge in [0.15, 0.2) is 17.0 Å². The molecule has 3 aliphatic rings. The number of aromatic amines is 1. The number of aromatic nitrogens is 1. The number of ketones is 2. The Morgan fingerprint density at radius 3 is 2.38 bits per heavy atom. The van der Waals surface area contributed by atoms with Gasteiger partial charge in [-0.1, -0.05) is 0 Å². The number of hydrogen-bond acceptors (Lipinski definition) is 10. The maximum atomic E-state index is 14.0. The van der Waals surface area contributed by atoms with Crippen LogP contribution in [-0.2, 0) is 16.0 Å². The Morgan fingerprint density at radius 1 is 1.16 bits per heavy atom. The quantitative estimate of drug-likeness (QED) is 0.358. The second kappa shape index (κ2) is 7.56. The van der Waals surface area contributed by atoms with Crippen LogP contribution in [0, 0.1) is 11.8 Å². The Hall–Kier alpha value is -3.90. The number of nitrogens with one attached hydrogen (secondary N) is 1. The fraction of sp³-hybridized carbons (Fsp3) is 0.440. The molecule has 0 radical (unpaired) electrons. The molecule has 6 N–H and O–H groups in total. The van der Waals surface area contributed by atoms with Crippen LogP contribution in [0.3, 0.4) is 0 Å². The molecule has 0 bridgehead atoms. The van der Waals surface area contributed by atoms with Crippen molar-refractivity contribution in [3.63, 3.8) is 0 Å². The predicted molar refractivity (Wildman–Crippen MR) is 131 cm³/mol. The van der Waals surface area contributed by atoms with Gasteiger partial charge in [0.25, 0.3) is 5.91 Å². The lowest BCUT2D eigenvalue weighted by Gasteiger charge is -2.55. The van der Waals surface area contributed by atoms with Crippen molar-refractivity contribution < 1.29 is 34.1 Å². The van der Waals surface area contributed by atoms with Gasteiger partial charge in [-0.05, 0) is 51.4 Å². The third-order valence-electron chi connectivity index (χ3n) is 8.39. The minimum Gasteiger partial charge on any atom is -0.509 e. The summed E-state index contributed by atoms with van der Waals surface area (Å²) in [6.45, 7) is 1.54. The largest absolute Gasteiger partial charge is 0.509 e. The highest BCUT2D eigenvalue weighted by atomic mass is 16.4. The van der Waals surface area contributed by atoms with Crippen LogP contribution in [0.1, 0.15) is 29.3 Å². The average molecular weight is 513 g/mol. The van der Waals surface area contributed by atoms with Crippen LogP contribution in [0.4, 0.5) is 5.69 Å². The number of allylic oxidation sites excluding steroid dienone is 1. The van der Waals surface area contributed by atoms with Gasteiger partial charge < -0.3 is 30.4 Å². The van der Waals surface area contributed by atoms with Crippen molar-refractivity contribution in [1.29, 1.82) is 0 Å². The number of anilines is 1. The number of amides is 1. The van der Waals surface area contributed by atoms with E-state index in [4.69, 9.17) is 10.2 Å². The Kier molecular flexibility index (Phi) is 5.06. The molecular weight excluding hydrogens is 484 g/mol. The maximum absolute atomic E-state index is 14.0. The van der Waals surface area contributed by atoms with Crippen molar-refractivity contribution in [2.45, 2.75) is 30.9 Å². The molecule has 12 nitrogen and oxygen atoms in total. The van der Waals surface area contributed by atoms with E-state index >= 15 is 0 Å². The number of primary amides is 1. The highest BCUT2D eigenvalue weighted by Crippen LogP contribution is 2.56. The maximum Gasteiger partial charge on any atom is 0.417 e. The normalized spacial score (nSPS) is 29.5. The summed E-state index contributed by atoms with van der Waals surface area (Å²) in [5.74, 6) is -7.29. The standard InChI is InChI=1S/C25H28N4O8/c1-24(29(4)5)13-7-9-6-10-12(28(2)3)8-11-18(37-23(35)27-11)15(10)17(30)14(9)20(32)25(13,36)21(33)16(19(24)31)22(26)34/h8-9,13,31-32,36H,6-7H2,1-5H3,(H2,26,34)(H,27,35)/t9-,13-,24?,25-/m0/s1. The van der Waals surface area contributed by atoms with Crippen molar-refractivity contribution in [2.75, 3.05) is 33.1 Å². The van der Waals surface area contributed by atoms with Crippen LogP contribution in [0.25, 0.3) is 11.1 Å². The number of benzene rings is 1. The number of nitrogens with two attached hydrogens (primary N) is 1. The number of rotatable bonds is 3. The summed E-state index contributed by atoms with van der Waals surface area (Å²) in [5, 5.41) is 34.4. The summed E-state index contributed by atoms with van der Waals surface area (Å²) in [6, 6.07) is 1.70. The zero-order valence-corrected chi connectivity index (χ0v) is 21.0. The molecule has 0 saturated carbocycles. The van der Waals surface area contributed by atoms with Crippen LogP contribution in [-0.4, -0.2) is 82.0 Å². The fourth-order valence-corrected chi connectivity index (χ4v) is 6.33. The topological polar surface area (TPSA) is 190 Å². The molecule has 1 unspecified atom stereocenters. The monoisotopic (exact) mass is 512 g/mol. The van der Waals surface area contributed by atoms with Gasteiger partial charge in [-0.2, -0.15) is 0 Å². The van der Waals surface area contributed by atoms with Gasteiger partial charge in [-0.3, -0.25) is 24.3 Å². The molecule has 0 fully saturated rings. The van der Waals surface area contributed by atoms with E-state index in [1.54, 1.807) is 39.2 Å². The number of carbonyl (C=O) groups is 3. The summed E-state index contributed by atoms with van der Waals surface area (Å²) >= 11 is 0. The van der Waals surface area contributed by atoms with Gasteiger partial charge in [0.05, 0.1) is 16.6 Å². The number of likely N-dealkylation sites (N-methyl/N-ethyl adjacent to an activating group) is 1. The third-order valence-corrected chi connectivity index (χ3v) is 8.39. The Bertz CT molecular complexity index is 1540. The van der Waals surface area contributed by atoms with Crippen molar-refractivity contribution >= 4 is 34.3 Å². The van der Waals surface area contributed by atoms with Crippen LogP contribution >= 0.6 is 0 Å². The van der Waals surface area contributed by atoms with Crippen molar-refractivity contribution in [3.8, 4) is 0 Å². The number of H-pyrrole nitrogens is 1. The van der Waals surface area contributed by atoms with Gasteiger partial charge in [-0.15, -0.1) is 0 Å². The molecule has 196 valence electrons. The predicted octanol–water partition coefficient (Wildman–Crippen LogP) is 0.306. The molecule has 12 heteroatoms. The number of Topliss-reactive ketones (excluding diaryl/α,β-unsaturated/α-hetero) is 2. The van der Waals surface area contributed by atoms with E-state index in [1.807, 2.05) is 0 Å². The number of fused-ring (bicyclic) bond motifs is 5. The molecule has 1 amide bonds. The second-order valence-corrected chi connectivity index (χ2v) is 10.5. The first kappa shape index (κ1) is 24.8. The Balaban J connectivity index is 1.82. The minimum absolute atomic E-state index is 0.00642. The Morgan fingerprint density at radius 2 is 1.81 bits per heavy atom. The van der Waals surface area contributed by atoms with Gasteiger partial charge in [-0.25, -0.2) is 4.79 Å². The van der Waals surface area contributed by atoms with Crippen LogP contribution in [0.2, 0.25) is 0 Å². The lowest BCUT2D eigenvalue weighted by Crippen LogP contribution is -2.68. The fourth-order valence-electron chi connectivity index (χ4n) is 6.33. The lowest BCUT2D eigenvalue weighted by atomic mass is 9.54. The molecule has 37 heavy (non-hydrogen) atoms. The molecule has 3 aliphatic carbocycles. The summed E-state index contributed by atoms with van der Waals surface area (Å²) < 4.78 is 5.27. The number of aliphatic hydroxyl groups excluding tert-OH is 2. The van der Waals surface area contributed by atoms with Crippen LogP contribution in [0.5, 0.6) is 0 Å². The average Bonchev–Trinajstić information content (AvgIpc) is 3.18. The van der Waals surface area contributed by atoms with E-state index in [9.17, 15) is 34.5 Å². The zero-order valence-electron chi connectivity index (χ0n) is 21.0. The smallest absolute Gasteiger partial charge is 0.417 e. The molecule has 0 aliphatic heterocycles. The van der Waals surface area contributed by atoms with Gasteiger partial charge in [0.2, 0.25) is 5.78 Å².